The predicted octanol–water partition coefficient (Wildman–Crippen LogP) is 2.39. The van der Waals surface area contributed by atoms with Gasteiger partial charge in [-0.05, 0) is 55.9 Å². The van der Waals surface area contributed by atoms with Gasteiger partial charge >= 0.3 is 0 Å². The minimum absolute atomic E-state index is 0.0873. The van der Waals surface area contributed by atoms with Crippen LogP contribution >= 0.6 is 0 Å². The van der Waals surface area contributed by atoms with Crippen molar-refractivity contribution in [3.8, 4) is 0 Å². The third kappa shape index (κ3) is 3.18. The molecule has 1 amide bonds. The molecule has 0 spiro atoms. The van der Waals surface area contributed by atoms with E-state index in [1.807, 2.05) is 22.5 Å². The molecule has 1 aliphatic heterocycles. The molecule has 0 bridgehead atoms. The summed E-state index contributed by atoms with van der Waals surface area (Å²) >= 11 is 0. The van der Waals surface area contributed by atoms with Gasteiger partial charge < -0.3 is 14.2 Å². The molecule has 2 aromatic rings. The summed E-state index contributed by atoms with van der Waals surface area (Å²) in [5, 5.41) is 8.16. The molecule has 2 aliphatic rings. The standard InChI is InChI=1S/C19H24N4O2/c1-2-22-13-20-21-18(22)17-12-23(9-10-25-17)19(24)16-8-7-14-5-3-4-6-15(14)11-16/h7-8,11,13,17H,2-6,9-10,12H2,1H3/t17-/m0/s1. The topological polar surface area (TPSA) is 60.2 Å². The highest BCUT2D eigenvalue weighted by Gasteiger charge is 2.29. The van der Waals surface area contributed by atoms with Crippen LogP contribution in [0.25, 0.3) is 0 Å². The number of morpholine rings is 1. The van der Waals surface area contributed by atoms with Gasteiger partial charge in [-0.15, -0.1) is 10.2 Å². The lowest BCUT2D eigenvalue weighted by atomic mass is 9.90. The van der Waals surface area contributed by atoms with Gasteiger partial charge in [-0.2, -0.15) is 0 Å². The molecule has 1 aliphatic carbocycles. The lowest BCUT2D eigenvalue weighted by molar-refractivity contribution is -0.0284. The molecule has 132 valence electrons. The fourth-order valence-electron chi connectivity index (χ4n) is 3.80. The average molecular weight is 340 g/mol. The number of aryl methyl sites for hydroxylation is 3. The van der Waals surface area contributed by atoms with E-state index in [-0.39, 0.29) is 12.0 Å². The lowest BCUT2D eigenvalue weighted by Crippen LogP contribution is -2.43. The van der Waals surface area contributed by atoms with Crippen LogP contribution in [-0.4, -0.2) is 45.3 Å². The zero-order valence-electron chi connectivity index (χ0n) is 14.6. The van der Waals surface area contributed by atoms with Crippen molar-refractivity contribution in [2.24, 2.45) is 0 Å². The molecule has 1 aromatic heterocycles. The van der Waals surface area contributed by atoms with Crippen LogP contribution in [-0.2, 0) is 24.1 Å². The Morgan fingerprint density at radius 1 is 1.28 bits per heavy atom. The molecule has 0 unspecified atom stereocenters. The summed E-state index contributed by atoms with van der Waals surface area (Å²) in [5.74, 6) is 0.884. The van der Waals surface area contributed by atoms with Crippen LogP contribution in [0, 0.1) is 0 Å². The van der Waals surface area contributed by atoms with E-state index in [1.54, 1.807) is 6.33 Å². The Kier molecular flexibility index (Phi) is 4.53. The quantitative estimate of drug-likeness (QED) is 0.861. The van der Waals surface area contributed by atoms with E-state index in [9.17, 15) is 4.79 Å². The van der Waals surface area contributed by atoms with Crippen LogP contribution < -0.4 is 0 Å². The highest BCUT2D eigenvalue weighted by atomic mass is 16.5. The van der Waals surface area contributed by atoms with E-state index >= 15 is 0 Å². The molecule has 6 nitrogen and oxygen atoms in total. The van der Waals surface area contributed by atoms with Gasteiger partial charge in [0, 0.05) is 18.7 Å². The Bertz CT molecular complexity index is 771. The van der Waals surface area contributed by atoms with Crippen LogP contribution in [0.5, 0.6) is 0 Å². The summed E-state index contributed by atoms with van der Waals surface area (Å²) in [4.78, 5) is 14.9. The largest absolute Gasteiger partial charge is 0.366 e. The lowest BCUT2D eigenvalue weighted by Gasteiger charge is -2.32. The van der Waals surface area contributed by atoms with Gasteiger partial charge in [0.15, 0.2) is 5.82 Å². The van der Waals surface area contributed by atoms with E-state index in [0.29, 0.717) is 19.7 Å². The number of carbonyl (C=O) groups excluding carboxylic acids is 1. The summed E-state index contributed by atoms with van der Waals surface area (Å²) in [6, 6.07) is 6.20. The number of nitrogens with zero attached hydrogens (tertiary/aromatic N) is 4. The number of amides is 1. The molecule has 4 rings (SSSR count). The van der Waals surface area contributed by atoms with Crippen molar-refractivity contribution in [3.63, 3.8) is 0 Å². The normalized spacial score (nSPS) is 20.4. The first-order valence-electron chi connectivity index (χ1n) is 9.16. The zero-order chi connectivity index (χ0) is 17.2. The van der Waals surface area contributed by atoms with E-state index in [1.165, 1.54) is 24.0 Å². The fourth-order valence-corrected chi connectivity index (χ4v) is 3.80. The molecule has 0 saturated carbocycles. The van der Waals surface area contributed by atoms with Gasteiger partial charge in [-0.3, -0.25) is 4.79 Å². The maximum atomic E-state index is 13.0. The molecule has 0 radical (unpaired) electrons. The molecular formula is C19H24N4O2. The molecule has 1 aromatic carbocycles. The second-order valence-corrected chi connectivity index (χ2v) is 6.78. The average Bonchev–Trinajstić information content (AvgIpc) is 3.16. The van der Waals surface area contributed by atoms with Gasteiger partial charge in [0.2, 0.25) is 0 Å². The summed E-state index contributed by atoms with van der Waals surface area (Å²) in [6.45, 7) is 4.51. The van der Waals surface area contributed by atoms with Gasteiger partial charge in [0.25, 0.3) is 5.91 Å². The number of fused-ring (bicyclic) bond motifs is 1. The molecule has 6 heteroatoms. The first kappa shape index (κ1) is 16.3. The van der Waals surface area contributed by atoms with E-state index < -0.39 is 0 Å². The molecule has 0 N–H and O–H groups in total. The molecule has 1 fully saturated rings. The molecule has 25 heavy (non-hydrogen) atoms. The van der Waals surface area contributed by atoms with Crippen LogP contribution in [0.3, 0.4) is 0 Å². The molecule has 1 saturated heterocycles. The Morgan fingerprint density at radius 3 is 2.96 bits per heavy atom. The number of benzene rings is 1. The Hall–Kier alpha value is -2.21. The van der Waals surface area contributed by atoms with E-state index in [2.05, 4.69) is 22.3 Å². The minimum Gasteiger partial charge on any atom is -0.366 e. The summed E-state index contributed by atoms with van der Waals surface area (Å²) in [6.07, 6.45) is 6.19. The third-order valence-electron chi connectivity index (χ3n) is 5.22. The summed E-state index contributed by atoms with van der Waals surface area (Å²) < 4.78 is 7.82. The van der Waals surface area contributed by atoms with Crippen LogP contribution in [0.4, 0.5) is 0 Å². The number of hydrogen-bond acceptors (Lipinski definition) is 4. The SMILES string of the molecule is CCn1cnnc1[C@@H]1CN(C(=O)c2ccc3c(c2)CCCC3)CCO1. The van der Waals surface area contributed by atoms with Crippen LogP contribution in [0.1, 0.15) is 53.2 Å². The zero-order valence-corrected chi connectivity index (χ0v) is 14.6. The second kappa shape index (κ2) is 6.96. The number of carbonyl (C=O) groups is 1. The van der Waals surface area contributed by atoms with Crippen molar-refractivity contribution in [1.29, 1.82) is 0 Å². The van der Waals surface area contributed by atoms with Gasteiger partial charge in [0.05, 0.1) is 13.2 Å². The number of aromatic nitrogens is 3. The number of ether oxygens (including phenoxy) is 1. The molecule has 2 heterocycles. The number of rotatable bonds is 3. The maximum absolute atomic E-state index is 13.0. The van der Waals surface area contributed by atoms with Crippen LogP contribution in [0.2, 0.25) is 0 Å². The molecular weight excluding hydrogens is 316 g/mol. The third-order valence-corrected chi connectivity index (χ3v) is 5.22. The van der Waals surface area contributed by atoms with Gasteiger partial charge in [0.1, 0.15) is 12.4 Å². The fraction of sp³-hybridized carbons (Fsp3) is 0.526. The van der Waals surface area contributed by atoms with E-state index in [4.69, 9.17) is 4.74 Å². The summed E-state index contributed by atoms with van der Waals surface area (Å²) in [5.41, 5.74) is 3.53. The maximum Gasteiger partial charge on any atom is 0.254 e. The Morgan fingerprint density at radius 2 is 2.12 bits per heavy atom. The van der Waals surface area contributed by atoms with Crippen molar-refractivity contribution >= 4 is 5.91 Å². The molecule has 1 atom stereocenters. The van der Waals surface area contributed by atoms with Crippen molar-refractivity contribution in [3.05, 3.63) is 47.0 Å². The Labute approximate surface area is 147 Å². The highest BCUT2D eigenvalue weighted by molar-refractivity contribution is 5.94. The van der Waals surface area contributed by atoms with Crippen LogP contribution in [0.15, 0.2) is 24.5 Å². The highest BCUT2D eigenvalue weighted by Crippen LogP contribution is 2.25. The van der Waals surface area contributed by atoms with Crippen molar-refractivity contribution in [2.75, 3.05) is 19.7 Å². The van der Waals surface area contributed by atoms with Crippen molar-refractivity contribution < 1.29 is 9.53 Å². The monoisotopic (exact) mass is 340 g/mol. The minimum atomic E-state index is -0.210. The smallest absolute Gasteiger partial charge is 0.254 e. The van der Waals surface area contributed by atoms with Crippen molar-refractivity contribution in [2.45, 2.75) is 45.3 Å². The van der Waals surface area contributed by atoms with E-state index in [0.717, 1.165) is 30.8 Å². The first-order chi connectivity index (χ1) is 12.3. The first-order valence-corrected chi connectivity index (χ1v) is 9.16. The van der Waals surface area contributed by atoms with Gasteiger partial charge in [-0.25, -0.2) is 0 Å². The van der Waals surface area contributed by atoms with Crippen molar-refractivity contribution in [1.82, 2.24) is 19.7 Å². The Balaban J connectivity index is 1.52. The second-order valence-electron chi connectivity index (χ2n) is 6.78. The van der Waals surface area contributed by atoms with Gasteiger partial charge in [-0.1, -0.05) is 6.07 Å². The predicted molar refractivity (Wildman–Crippen MR) is 93.4 cm³/mol. The summed E-state index contributed by atoms with van der Waals surface area (Å²) in [7, 11) is 0. The number of hydrogen-bond donors (Lipinski definition) is 0.